The zero-order chi connectivity index (χ0) is 29.0. The van der Waals surface area contributed by atoms with E-state index in [1.54, 1.807) is 57.2 Å². The summed E-state index contributed by atoms with van der Waals surface area (Å²) in [5.74, 6) is -1.27. The molecule has 0 N–H and O–H groups in total. The smallest absolute Gasteiger partial charge is 0.411 e. The maximum absolute atomic E-state index is 13.3. The molecule has 0 spiro atoms. The lowest BCUT2D eigenvalue weighted by Crippen LogP contribution is -2.44. The Morgan fingerprint density at radius 2 is 1.65 bits per heavy atom. The molecule has 1 aliphatic rings. The average molecular weight is 608 g/mol. The van der Waals surface area contributed by atoms with Crippen molar-refractivity contribution < 1.29 is 23.9 Å². The van der Waals surface area contributed by atoms with Crippen LogP contribution in [-0.4, -0.2) is 49.6 Å². The number of carbonyl (C=O) groups is 3. The summed E-state index contributed by atoms with van der Waals surface area (Å²) in [4.78, 5) is 57.3. The maximum atomic E-state index is 13.3. The first kappa shape index (κ1) is 29.6. The van der Waals surface area contributed by atoms with Crippen LogP contribution in [0, 0.1) is 0 Å². The van der Waals surface area contributed by atoms with E-state index in [9.17, 15) is 19.2 Å². The van der Waals surface area contributed by atoms with E-state index < -0.39 is 42.0 Å². The molecule has 1 unspecified atom stereocenters. The number of halogens is 2. The molecule has 3 aromatic rings. The Morgan fingerprint density at radius 1 is 1.02 bits per heavy atom. The fraction of sp³-hybridized carbons (Fsp3) is 0.370. The second kappa shape index (κ2) is 12.4. The van der Waals surface area contributed by atoms with E-state index in [4.69, 9.17) is 32.7 Å². The molecule has 1 aliphatic heterocycles. The second-order valence-corrected chi connectivity index (χ2v) is 12.0. The van der Waals surface area contributed by atoms with Gasteiger partial charge in [-0.2, -0.15) is 4.99 Å². The van der Waals surface area contributed by atoms with Gasteiger partial charge in [-0.15, -0.1) is 0 Å². The average Bonchev–Trinajstić information content (AvgIpc) is 3.49. The summed E-state index contributed by atoms with van der Waals surface area (Å²) in [7, 11) is 0. The van der Waals surface area contributed by atoms with Gasteiger partial charge in [-0.25, -0.2) is 22.9 Å². The van der Waals surface area contributed by atoms with Crippen LogP contribution in [0.1, 0.15) is 49.5 Å². The van der Waals surface area contributed by atoms with Crippen molar-refractivity contribution >= 4 is 52.7 Å². The number of hydrogen-bond donors (Lipinski definition) is 0. The van der Waals surface area contributed by atoms with E-state index in [1.807, 2.05) is 0 Å². The lowest BCUT2D eigenvalue weighted by molar-refractivity contribution is -0.152. The number of esters is 1. The SMILES string of the molecule is CC(C)(C)OC(=O)N1CCCC1C(=O)OCn1c(=NC(=O)c2ccc(Cl)cc2)sn(Cc2ccc(Cl)cc2)c1=O. The van der Waals surface area contributed by atoms with Gasteiger partial charge in [-0.3, -0.25) is 9.69 Å². The topological polar surface area (TPSA) is 112 Å². The van der Waals surface area contributed by atoms with Gasteiger partial charge < -0.3 is 9.47 Å². The van der Waals surface area contributed by atoms with Crippen LogP contribution in [-0.2, 0) is 27.5 Å². The Hall–Kier alpha value is -3.41. The van der Waals surface area contributed by atoms with Crippen LogP contribution in [0.15, 0.2) is 58.3 Å². The van der Waals surface area contributed by atoms with Crippen molar-refractivity contribution in [1.82, 2.24) is 13.4 Å². The van der Waals surface area contributed by atoms with Gasteiger partial charge in [0, 0.05) is 22.2 Å². The first-order chi connectivity index (χ1) is 18.9. The Bertz CT molecular complexity index is 1520. The zero-order valence-electron chi connectivity index (χ0n) is 22.1. The lowest BCUT2D eigenvalue weighted by atomic mass is 10.2. The zero-order valence-corrected chi connectivity index (χ0v) is 24.5. The molecule has 40 heavy (non-hydrogen) atoms. The van der Waals surface area contributed by atoms with Gasteiger partial charge in [-0.1, -0.05) is 35.3 Å². The number of nitrogens with zero attached hydrogens (tertiary/aromatic N) is 4. The third kappa shape index (κ3) is 7.41. The van der Waals surface area contributed by atoms with Crippen molar-refractivity contribution in [2.75, 3.05) is 6.54 Å². The molecule has 0 aliphatic carbocycles. The van der Waals surface area contributed by atoms with Crippen LogP contribution in [0.4, 0.5) is 4.79 Å². The third-order valence-electron chi connectivity index (χ3n) is 5.88. The first-order valence-corrected chi connectivity index (χ1v) is 14.0. The van der Waals surface area contributed by atoms with E-state index in [2.05, 4.69) is 4.99 Å². The van der Waals surface area contributed by atoms with Gasteiger partial charge in [0.1, 0.15) is 11.6 Å². The van der Waals surface area contributed by atoms with Crippen LogP contribution in [0.25, 0.3) is 0 Å². The number of carbonyl (C=O) groups excluding carboxylic acids is 3. The number of rotatable bonds is 6. The van der Waals surface area contributed by atoms with E-state index in [0.717, 1.165) is 21.7 Å². The highest BCUT2D eigenvalue weighted by Crippen LogP contribution is 2.22. The van der Waals surface area contributed by atoms with E-state index >= 15 is 0 Å². The molecule has 1 saturated heterocycles. The van der Waals surface area contributed by atoms with Gasteiger partial charge in [0.25, 0.3) is 5.91 Å². The molecule has 0 radical (unpaired) electrons. The Balaban J connectivity index is 1.60. The number of benzene rings is 2. The lowest BCUT2D eigenvalue weighted by Gasteiger charge is -2.27. The van der Waals surface area contributed by atoms with E-state index in [0.29, 0.717) is 29.4 Å². The standard InChI is InChI=1S/C27H28Cl2N4O6S/c1-27(2,3)39-26(37)31-14-4-5-21(31)23(35)38-16-32-24(30-22(34)18-8-12-20(29)13-9-18)40-33(25(32)36)15-17-6-10-19(28)11-7-17/h6-13,21H,4-5,14-16H2,1-3H3. The molecule has 1 fully saturated rings. The van der Waals surface area contributed by atoms with Crippen LogP contribution < -0.4 is 10.5 Å². The van der Waals surface area contributed by atoms with Gasteiger partial charge in [0.2, 0.25) is 4.80 Å². The number of aromatic nitrogens is 2. The van der Waals surface area contributed by atoms with Crippen molar-refractivity contribution in [2.24, 2.45) is 4.99 Å². The van der Waals surface area contributed by atoms with Crippen molar-refractivity contribution in [1.29, 1.82) is 0 Å². The molecule has 4 rings (SSSR count). The van der Waals surface area contributed by atoms with Crippen molar-refractivity contribution in [3.8, 4) is 0 Å². The highest BCUT2D eigenvalue weighted by molar-refractivity contribution is 7.03. The maximum Gasteiger partial charge on any atom is 0.411 e. The fourth-order valence-corrected chi connectivity index (χ4v) is 5.16. The summed E-state index contributed by atoms with van der Waals surface area (Å²) in [6, 6.07) is 12.3. The molecule has 0 bridgehead atoms. The van der Waals surface area contributed by atoms with Crippen LogP contribution in [0.5, 0.6) is 0 Å². The molecule has 2 heterocycles. The molecular formula is C27H28Cl2N4O6S. The Morgan fingerprint density at radius 3 is 2.27 bits per heavy atom. The third-order valence-corrected chi connectivity index (χ3v) is 7.37. The largest absolute Gasteiger partial charge is 0.444 e. The minimum Gasteiger partial charge on any atom is -0.444 e. The quantitative estimate of drug-likeness (QED) is 0.376. The molecule has 2 aromatic carbocycles. The predicted octanol–water partition coefficient (Wildman–Crippen LogP) is 4.71. The first-order valence-electron chi connectivity index (χ1n) is 12.5. The Labute approximate surface area is 244 Å². The predicted molar refractivity (Wildman–Crippen MR) is 151 cm³/mol. The van der Waals surface area contributed by atoms with Crippen LogP contribution in [0.3, 0.4) is 0 Å². The monoisotopic (exact) mass is 606 g/mol. The summed E-state index contributed by atoms with van der Waals surface area (Å²) < 4.78 is 13.4. The summed E-state index contributed by atoms with van der Waals surface area (Å²) in [5, 5.41) is 1.02. The summed E-state index contributed by atoms with van der Waals surface area (Å²) in [6.07, 6.45) is 0.401. The molecule has 1 atom stereocenters. The van der Waals surface area contributed by atoms with Gasteiger partial charge in [0.15, 0.2) is 6.73 Å². The van der Waals surface area contributed by atoms with Crippen molar-refractivity contribution in [2.45, 2.75) is 58.5 Å². The molecule has 1 aromatic heterocycles. The normalized spacial score (nSPS) is 15.8. The summed E-state index contributed by atoms with van der Waals surface area (Å²) >= 11 is 12.8. The van der Waals surface area contributed by atoms with Crippen molar-refractivity contribution in [3.05, 3.63) is 85.0 Å². The number of amides is 2. The van der Waals surface area contributed by atoms with E-state index in [-0.39, 0.29) is 16.9 Å². The molecule has 0 saturated carbocycles. The molecule has 2 amide bonds. The van der Waals surface area contributed by atoms with E-state index in [1.165, 1.54) is 21.0 Å². The highest BCUT2D eigenvalue weighted by Gasteiger charge is 2.37. The van der Waals surface area contributed by atoms with Crippen molar-refractivity contribution in [3.63, 3.8) is 0 Å². The minimum absolute atomic E-state index is 0.0436. The van der Waals surface area contributed by atoms with Crippen LogP contribution in [0.2, 0.25) is 10.0 Å². The summed E-state index contributed by atoms with van der Waals surface area (Å²) in [6.45, 7) is 5.28. The van der Waals surface area contributed by atoms with Crippen LogP contribution >= 0.6 is 34.7 Å². The molecule has 10 nitrogen and oxygen atoms in total. The minimum atomic E-state index is -0.846. The number of likely N-dealkylation sites (tertiary alicyclic amines) is 1. The highest BCUT2D eigenvalue weighted by atomic mass is 35.5. The molecule has 212 valence electrons. The fourth-order valence-electron chi connectivity index (χ4n) is 3.97. The van der Waals surface area contributed by atoms with Gasteiger partial charge in [-0.05, 0) is 87.1 Å². The van der Waals surface area contributed by atoms with Gasteiger partial charge in [0.05, 0.1) is 6.54 Å². The van der Waals surface area contributed by atoms with Gasteiger partial charge >= 0.3 is 17.8 Å². The molecular weight excluding hydrogens is 579 g/mol. The number of hydrogen-bond acceptors (Lipinski definition) is 7. The molecule has 13 heteroatoms. The Kier molecular flexibility index (Phi) is 9.17. The number of ether oxygens (including phenoxy) is 2. The summed E-state index contributed by atoms with van der Waals surface area (Å²) in [5.41, 5.74) is -0.169. The second-order valence-electron chi connectivity index (χ2n) is 10.1.